The molecule has 0 spiro atoms. The van der Waals surface area contributed by atoms with Gasteiger partial charge in [-0.05, 0) is 42.0 Å². The van der Waals surface area contributed by atoms with Crippen molar-refractivity contribution in [3.8, 4) is 5.75 Å². The lowest BCUT2D eigenvalue weighted by Crippen LogP contribution is -2.24. The molecule has 0 heterocycles. The number of nitrogens with one attached hydrogen (secondary N) is 1. The minimum Gasteiger partial charge on any atom is -0.482 e. The first-order valence-electron chi connectivity index (χ1n) is 9.40. The molecular formula is C23H21NO6. The first-order chi connectivity index (χ1) is 14.6. The van der Waals surface area contributed by atoms with E-state index in [1.165, 1.54) is 6.07 Å². The maximum Gasteiger partial charge on any atom is 0.344 e. The molecule has 0 aliphatic carbocycles. The number of carbonyl (C=O) groups is 3. The van der Waals surface area contributed by atoms with Crippen LogP contribution in [0.15, 0.2) is 66.7 Å². The lowest BCUT2D eigenvalue weighted by molar-refractivity contribution is -0.149. The fraction of sp³-hybridized carbons (Fsp3) is 0.174. The molecule has 0 saturated carbocycles. The molecule has 7 nitrogen and oxygen atoms in total. The summed E-state index contributed by atoms with van der Waals surface area (Å²) >= 11 is 0. The number of rotatable bonds is 8. The van der Waals surface area contributed by atoms with E-state index < -0.39 is 24.5 Å². The first-order valence-corrected chi connectivity index (χ1v) is 9.40. The Labute approximate surface area is 173 Å². The molecule has 1 amide bonds. The summed E-state index contributed by atoms with van der Waals surface area (Å²) < 4.78 is 15.3. The molecule has 0 atom stereocenters. The number of hydrogen-bond acceptors (Lipinski definition) is 6. The van der Waals surface area contributed by atoms with Crippen LogP contribution in [0.5, 0.6) is 5.75 Å². The summed E-state index contributed by atoms with van der Waals surface area (Å²) in [4.78, 5) is 35.9. The molecule has 0 fully saturated rings. The summed E-state index contributed by atoms with van der Waals surface area (Å²) in [6.45, 7) is 1.08. The standard InChI is InChI=1S/C23H21NO6/c1-2-28-23(27)19-9-5-6-10-20(19)24-21(25)14-30-22(26)15-29-18-12-11-16-7-3-4-8-17(16)13-18/h3-13H,2,14-15H2,1H3,(H,24,25). The number of fused-ring (bicyclic) bond motifs is 1. The van der Waals surface area contributed by atoms with Gasteiger partial charge in [-0.3, -0.25) is 4.79 Å². The Morgan fingerprint density at radius 3 is 2.37 bits per heavy atom. The van der Waals surface area contributed by atoms with Crippen molar-refractivity contribution in [2.45, 2.75) is 6.92 Å². The van der Waals surface area contributed by atoms with Crippen molar-refractivity contribution in [1.82, 2.24) is 0 Å². The van der Waals surface area contributed by atoms with Crippen molar-refractivity contribution >= 4 is 34.3 Å². The summed E-state index contributed by atoms with van der Waals surface area (Å²) in [5, 5.41) is 4.59. The van der Waals surface area contributed by atoms with Gasteiger partial charge in [0.1, 0.15) is 5.75 Å². The van der Waals surface area contributed by atoms with Gasteiger partial charge >= 0.3 is 11.9 Å². The number of carbonyl (C=O) groups excluding carboxylic acids is 3. The molecule has 1 N–H and O–H groups in total. The Hall–Kier alpha value is -3.87. The Bertz CT molecular complexity index is 1060. The maximum absolute atomic E-state index is 12.1. The highest BCUT2D eigenvalue weighted by molar-refractivity contribution is 6.01. The van der Waals surface area contributed by atoms with Crippen molar-refractivity contribution in [2.75, 3.05) is 25.1 Å². The van der Waals surface area contributed by atoms with Gasteiger partial charge < -0.3 is 19.5 Å². The molecule has 0 aliphatic heterocycles. The largest absolute Gasteiger partial charge is 0.482 e. The Morgan fingerprint density at radius 1 is 0.833 bits per heavy atom. The summed E-state index contributed by atoms with van der Waals surface area (Å²) in [7, 11) is 0. The SMILES string of the molecule is CCOC(=O)c1ccccc1NC(=O)COC(=O)COc1ccc2ccccc2c1. The Kier molecular flexibility index (Phi) is 7.00. The molecule has 0 aromatic heterocycles. The Balaban J connectivity index is 1.49. The zero-order chi connectivity index (χ0) is 21.3. The van der Waals surface area contributed by atoms with Crippen molar-refractivity contribution in [2.24, 2.45) is 0 Å². The van der Waals surface area contributed by atoms with Gasteiger partial charge in [-0.15, -0.1) is 0 Å². The quantitative estimate of drug-likeness (QED) is 0.574. The van der Waals surface area contributed by atoms with Crippen LogP contribution in [0.1, 0.15) is 17.3 Å². The van der Waals surface area contributed by atoms with Gasteiger partial charge in [0.05, 0.1) is 17.9 Å². The minimum absolute atomic E-state index is 0.218. The van der Waals surface area contributed by atoms with Gasteiger partial charge in [0, 0.05) is 0 Å². The van der Waals surface area contributed by atoms with E-state index >= 15 is 0 Å². The van der Waals surface area contributed by atoms with Crippen LogP contribution < -0.4 is 10.1 Å². The maximum atomic E-state index is 12.1. The molecule has 0 unspecified atom stereocenters. The fourth-order valence-corrected chi connectivity index (χ4v) is 2.75. The third-order valence-electron chi connectivity index (χ3n) is 4.14. The van der Waals surface area contributed by atoms with Crippen LogP contribution in [0.2, 0.25) is 0 Å². The molecule has 30 heavy (non-hydrogen) atoms. The number of ether oxygens (including phenoxy) is 3. The van der Waals surface area contributed by atoms with Crippen LogP contribution in [0.3, 0.4) is 0 Å². The number of hydrogen-bond donors (Lipinski definition) is 1. The summed E-state index contributed by atoms with van der Waals surface area (Å²) in [6.07, 6.45) is 0. The highest BCUT2D eigenvalue weighted by Gasteiger charge is 2.15. The third kappa shape index (κ3) is 5.57. The van der Waals surface area contributed by atoms with Crippen molar-refractivity contribution < 1.29 is 28.6 Å². The van der Waals surface area contributed by atoms with E-state index in [0.29, 0.717) is 5.75 Å². The summed E-state index contributed by atoms with van der Waals surface area (Å²) in [5.74, 6) is -1.28. The van der Waals surface area contributed by atoms with E-state index in [9.17, 15) is 14.4 Å². The molecule has 3 aromatic rings. The molecule has 0 saturated heterocycles. The topological polar surface area (TPSA) is 90.9 Å². The predicted octanol–water partition coefficient (Wildman–Crippen LogP) is 3.58. The van der Waals surface area contributed by atoms with E-state index in [1.807, 2.05) is 36.4 Å². The third-order valence-corrected chi connectivity index (χ3v) is 4.14. The monoisotopic (exact) mass is 407 g/mol. The minimum atomic E-state index is -0.683. The second-order valence-electron chi connectivity index (χ2n) is 6.27. The van der Waals surface area contributed by atoms with Crippen molar-refractivity contribution in [1.29, 1.82) is 0 Å². The molecule has 3 rings (SSSR count). The first kappa shape index (κ1) is 20.9. The average Bonchev–Trinajstić information content (AvgIpc) is 2.76. The zero-order valence-corrected chi connectivity index (χ0v) is 16.4. The highest BCUT2D eigenvalue weighted by Crippen LogP contribution is 2.20. The molecule has 154 valence electrons. The molecule has 0 aliphatic rings. The van der Waals surface area contributed by atoms with Gasteiger partial charge in [-0.1, -0.05) is 42.5 Å². The molecular weight excluding hydrogens is 386 g/mol. The number of esters is 2. The second-order valence-corrected chi connectivity index (χ2v) is 6.27. The lowest BCUT2D eigenvalue weighted by Gasteiger charge is -2.11. The van der Waals surface area contributed by atoms with Crippen molar-refractivity contribution in [3.05, 3.63) is 72.3 Å². The lowest BCUT2D eigenvalue weighted by atomic mass is 10.1. The van der Waals surface area contributed by atoms with Gasteiger partial charge in [0.2, 0.25) is 0 Å². The summed E-state index contributed by atoms with van der Waals surface area (Å²) in [5.41, 5.74) is 0.503. The van der Waals surface area contributed by atoms with Gasteiger partial charge in [-0.2, -0.15) is 0 Å². The zero-order valence-electron chi connectivity index (χ0n) is 16.4. The van der Waals surface area contributed by atoms with Gasteiger partial charge in [-0.25, -0.2) is 9.59 Å². The van der Waals surface area contributed by atoms with Crippen LogP contribution in [0.25, 0.3) is 10.8 Å². The number of anilines is 1. The second kappa shape index (κ2) is 10.1. The van der Waals surface area contributed by atoms with Crippen LogP contribution in [0.4, 0.5) is 5.69 Å². The highest BCUT2D eigenvalue weighted by atomic mass is 16.6. The van der Waals surface area contributed by atoms with Crippen LogP contribution in [-0.2, 0) is 19.1 Å². The molecule has 0 bridgehead atoms. The Morgan fingerprint density at radius 2 is 1.57 bits per heavy atom. The molecule has 7 heteroatoms. The van der Waals surface area contributed by atoms with Crippen LogP contribution >= 0.6 is 0 Å². The van der Waals surface area contributed by atoms with E-state index in [1.54, 1.807) is 31.2 Å². The van der Waals surface area contributed by atoms with Crippen molar-refractivity contribution in [3.63, 3.8) is 0 Å². The van der Waals surface area contributed by atoms with E-state index in [-0.39, 0.29) is 24.5 Å². The normalized spacial score (nSPS) is 10.3. The molecule has 3 aromatic carbocycles. The number of benzene rings is 3. The van der Waals surface area contributed by atoms with Crippen LogP contribution in [-0.4, -0.2) is 37.7 Å². The smallest absolute Gasteiger partial charge is 0.344 e. The molecule has 0 radical (unpaired) electrons. The number of amides is 1. The average molecular weight is 407 g/mol. The van der Waals surface area contributed by atoms with Crippen LogP contribution in [0, 0.1) is 0 Å². The fourth-order valence-electron chi connectivity index (χ4n) is 2.75. The summed E-state index contributed by atoms with van der Waals surface area (Å²) in [6, 6.07) is 19.7. The van der Waals surface area contributed by atoms with E-state index in [0.717, 1.165) is 10.8 Å². The number of para-hydroxylation sites is 1. The van der Waals surface area contributed by atoms with Gasteiger partial charge in [0.15, 0.2) is 13.2 Å². The van der Waals surface area contributed by atoms with E-state index in [2.05, 4.69) is 5.32 Å². The van der Waals surface area contributed by atoms with E-state index in [4.69, 9.17) is 14.2 Å². The predicted molar refractivity (Wildman–Crippen MR) is 111 cm³/mol. The van der Waals surface area contributed by atoms with Gasteiger partial charge in [0.25, 0.3) is 5.91 Å².